The highest BCUT2D eigenvalue weighted by Gasteiger charge is 2.10. The smallest absolute Gasteiger partial charge is 0.256 e. The van der Waals surface area contributed by atoms with Crippen LogP contribution in [0.1, 0.15) is 21.6 Å². The first-order chi connectivity index (χ1) is 12.8. The standard InChI is InChI=1S/C21H16N4O/c26-21(23-16-7-5-13-22-14-16)17-8-2-1-6-15(17)11-12-20-18-9-3-4-10-19(18)24-25-20/h1-14H,(H,23,26)(H,24,25). The van der Waals surface area contributed by atoms with Crippen LogP contribution in [0.4, 0.5) is 5.69 Å². The summed E-state index contributed by atoms with van der Waals surface area (Å²) in [4.78, 5) is 16.6. The van der Waals surface area contributed by atoms with E-state index in [4.69, 9.17) is 0 Å². The zero-order valence-corrected chi connectivity index (χ0v) is 13.9. The van der Waals surface area contributed by atoms with Gasteiger partial charge in [0.15, 0.2) is 0 Å². The second kappa shape index (κ2) is 7.03. The van der Waals surface area contributed by atoms with E-state index < -0.39 is 0 Å². The number of fused-ring (bicyclic) bond motifs is 1. The van der Waals surface area contributed by atoms with Crippen LogP contribution in [0.2, 0.25) is 0 Å². The van der Waals surface area contributed by atoms with Gasteiger partial charge in [0.2, 0.25) is 0 Å². The fourth-order valence-corrected chi connectivity index (χ4v) is 2.76. The number of rotatable bonds is 4. The molecule has 0 saturated heterocycles. The Morgan fingerprint density at radius 1 is 0.962 bits per heavy atom. The van der Waals surface area contributed by atoms with Crippen molar-refractivity contribution in [2.75, 3.05) is 5.32 Å². The molecule has 0 spiro atoms. The van der Waals surface area contributed by atoms with Gasteiger partial charge in [-0.2, -0.15) is 5.10 Å². The molecular formula is C21H16N4O. The third-order valence-electron chi connectivity index (χ3n) is 4.05. The van der Waals surface area contributed by atoms with E-state index in [1.54, 1.807) is 30.6 Å². The number of aromatic amines is 1. The quantitative estimate of drug-likeness (QED) is 0.579. The highest BCUT2D eigenvalue weighted by Crippen LogP contribution is 2.19. The molecule has 126 valence electrons. The van der Waals surface area contributed by atoms with Gasteiger partial charge < -0.3 is 5.32 Å². The van der Waals surface area contributed by atoms with E-state index >= 15 is 0 Å². The molecule has 0 radical (unpaired) electrons. The summed E-state index contributed by atoms with van der Waals surface area (Å²) < 4.78 is 0. The Kier molecular flexibility index (Phi) is 4.26. The average molecular weight is 340 g/mol. The summed E-state index contributed by atoms with van der Waals surface area (Å²) in [5.41, 5.74) is 3.89. The number of aromatic nitrogens is 3. The number of H-pyrrole nitrogens is 1. The van der Waals surface area contributed by atoms with Crippen LogP contribution in [0.3, 0.4) is 0 Å². The zero-order valence-electron chi connectivity index (χ0n) is 13.9. The number of anilines is 1. The average Bonchev–Trinajstić information content (AvgIpc) is 3.10. The van der Waals surface area contributed by atoms with Crippen molar-refractivity contribution < 1.29 is 4.79 Å². The monoisotopic (exact) mass is 340 g/mol. The van der Waals surface area contributed by atoms with Crippen LogP contribution in [-0.4, -0.2) is 21.1 Å². The molecule has 0 fully saturated rings. The molecule has 2 aromatic heterocycles. The normalized spacial score (nSPS) is 11.1. The third kappa shape index (κ3) is 3.23. The Balaban J connectivity index is 1.62. The molecule has 2 aromatic carbocycles. The molecule has 5 heteroatoms. The largest absolute Gasteiger partial charge is 0.321 e. The van der Waals surface area contributed by atoms with Gasteiger partial charge in [0.1, 0.15) is 0 Å². The predicted octanol–water partition coefficient (Wildman–Crippen LogP) is 4.38. The van der Waals surface area contributed by atoms with Crippen molar-refractivity contribution >= 4 is 34.6 Å². The number of benzene rings is 2. The molecule has 0 aliphatic rings. The summed E-state index contributed by atoms with van der Waals surface area (Å²) in [6.07, 6.45) is 7.10. The minimum atomic E-state index is -0.176. The maximum Gasteiger partial charge on any atom is 0.256 e. The Labute approximate surface area is 150 Å². The van der Waals surface area contributed by atoms with Gasteiger partial charge >= 0.3 is 0 Å². The number of hydrogen-bond acceptors (Lipinski definition) is 3. The lowest BCUT2D eigenvalue weighted by molar-refractivity contribution is 0.102. The summed E-state index contributed by atoms with van der Waals surface area (Å²) in [5, 5.41) is 11.2. The van der Waals surface area contributed by atoms with Crippen LogP contribution < -0.4 is 5.32 Å². The lowest BCUT2D eigenvalue weighted by Crippen LogP contribution is -2.13. The van der Waals surface area contributed by atoms with E-state index in [1.807, 2.05) is 54.6 Å². The topological polar surface area (TPSA) is 70.7 Å². The first kappa shape index (κ1) is 15.8. The van der Waals surface area contributed by atoms with Crippen molar-refractivity contribution in [3.8, 4) is 0 Å². The molecule has 5 nitrogen and oxygen atoms in total. The van der Waals surface area contributed by atoms with E-state index in [2.05, 4.69) is 20.5 Å². The van der Waals surface area contributed by atoms with Crippen molar-refractivity contribution in [3.63, 3.8) is 0 Å². The van der Waals surface area contributed by atoms with Crippen LogP contribution in [-0.2, 0) is 0 Å². The SMILES string of the molecule is O=C(Nc1cccnc1)c1ccccc1C=Cc1n[nH]c2ccccc12. The van der Waals surface area contributed by atoms with Crippen LogP contribution in [0, 0.1) is 0 Å². The minimum Gasteiger partial charge on any atom is -0.321 e. The number of nitrogens with zero attached hydrogens (tertiary/aromatic N) is 2. The predicted molar refractivity (Wildman–Crippen MR) is 104 cm³/mol. The molecule has 2 heterocycles. The van der Waals surface area contributed by atoms with Crippen molar-refractivity contribution in [3.05, 3.63) is 89.9 Å². The van der Waals surface area contributed by atoms with Crippen LogP contribution in [0.25, 0.3) is 23.1 Å². The first-order valence-corrected chi connectivity index (χ1v) is 8.23. The number of amides is 1. The Morgan fingerprint density at radius 3 is 2.69 bits per heavy atom. The lowest BCUT2D eigenvalue weighted by Gasteiger charge is -2.07. The summed E-state index contributed by atoms with van der Waals surface area (Å²) in [6, 6.07) is 19.0. The van der Waals surface area contributed by atoms with E-state index in [-0.39, 0.29) is 5.91 Å². The second-order valence-electron chi connectivity index (χ2n) is 5.77. The molecule has 0 bridgehead atoms. The van der Waals surface area contributed by atoms with Crippen molar-refractivity contribution in [2.45, 2.75) is 0 Å². The Morgan fingerprint density at radius 2 is 1.81 bits per heavy atom. The number of carbonyl (C=O) groups is 1. The molecule has 0 unspecified atom stereocenters. The van der Waals surface area contributed by atoms with E-state index in [0.717, 1.165) is 22.2 Å². The number of para-hydroxylation sites is 1. The van der Waals surface area contributed by atoms with Gasteiger partial charge in [0.05, 0.1) is 23.1 Å². The third-order valence-corrected chi connectivity index (χ3v) is 4.05. The molecule has 0 aliphatic carbocycles. The minimum absolute atomic E-state index is 0.176. The zero-order chi connectivity index (χ0) is 17.8. The van der Waals surface area contributed by atoms with Gasteiger partial charge in [-0.05, 0) is 35.9 Å². The fourth-order valence-electron chi connectivity index (χ4n) is 2.76. The van der Waals surface area contributed by atoms with Crippen molar-refractivity contribution in [1.29, 1.82) is 0 Å². The molecule has 26 heavy (non-hydrogen) atoms. The Bertz CT molecular complexity index is 1080. The van der Waals surface area contributed by atoms with Gasteiger partial charge in [0.25, 0.3) is 5.91 Å². The molecule has 0 aliphatic heterocycles. The molecule has 1 amide bonds. The van der Waals surface area contributed by atoms with Crippen molar-refractivity contribution in [1.82, 2.24) is 15.2 Å². The van der Waals surface area contributed by atoms with Gasteiger partial charge in [-0.25, -0.2) is 0 Å². The number of hydrogen-bond donors (Lipinski definition) is 2. The van der Waals surface area contributed by atoms with E-state index in [1.165, 1.54) is 0 Å². The van der Waals surface area contributed by atoms with Crippen molar-refractivity contribution in [2.24, 2.45) is 0 Å². The van der Waals surface area contributed by atoms with Crippen LogP contribution in [0.15, 0.2) is 73.1 Å². The van der Waals surface area contributed by atoms with E-state index in [9.17, 15) is 4.79 Å². The molecule has 4 rings (SSSR count). The van der Waals surface area contributed by atoms with E-state index in [0.29, 0.717) is 11.3 Å². The van der Waals surface area contributed by atoms with Gasteiger partial charge in [-0.3, -0.25) is 14.9 Å². The second-order valence-corrected chi connectivity index (χ2v) is 5.77. The molecule has 4 aromatic rings. The van der Waals surface area contributed by atoms with Gasteiger partial charge in [-0.1, -0.05) is 42.5 Å². The molecule has 0 atom stereocenters. The summed E-state index contributed by atoms with van der Waals surface area (Å²) >= 11 is 0. The summed E-state index contributed by atoms with van der Waals surface area (Å²) in [7, 11) is 0. The molecule has 0 saturated carbocycles. The van der Waals surface area contributed by atoms with Gasteiger partial charge in [0, 0.05) is 17.1 Å². The summed E-state index contributed by atoms with van der Waals surface area (Å²) in [5.74, 6) is -0.176. The number of carbonyl (C=O) groups excluding carboxylic acids is 1. The lowest BCUT2D eigenvalue weighted by atomic mass is 10.1. The number of pyridine rings is 1. The molecular weight excluding hydrogens is 324 g/mol. The maximum atomic E-state index is 12.6. The Hall–Kier alpha value is -3.73. The maximum absolute atomic E-state index is 12.6. The first-order valence-electron chi connectivity index (χ1n) is 8.23. The fraction of sp³-hybridized carbons (Fsp3) is 0. The van der Waals surface area contributed by atoms with Gasteiger partial charge in [-0.15, -0.1) is 0 Å². The highest BCUT2D eigenvalue weighted by atomic mass is 16.1. The highest BCUT2D eigenvalue weighted by molar-refractivity contribution is 6.07. The number of nitrogens with one attached hydrogen (secondary N) is 2. The summed E-state index contributed by atoms with van der Waals surface area (Å²) in [6.45, 7) is 0. The van der Waals surface area contributed by atoms with Crippen LogP contribution in [0.5, 0.6) is 0 Å². The van der Waals surface area contributed by atoms with Crippen LogP contribution >= 0.6 is 0 Å². The molecule has 2 N–H and O–H groups in total.